The van der Waals surface area contributed by atoms with Crippen LogP contribution < -0.4 is 5.73 Å². The smallest absolute Gasteiger partial charge is 0.223 e. The summed E-state index contributed by atoms with van der Waals surface area (Å²) in [5.74, 6) is 1.29. The third-order valence-corrected chi connectivity index (χ3v) is 3.47. The summed E-state index contributed by atoms with van der Waals surface area (Å²) in [7, 11) is 0. The second-order valence-electron chi connectivity index (χ2n) is 5.51. The van der Waals surface area contributed by atoms with Gasteiger partial charge in [0.1, 0.15) is 0 Å². The average Bonchev–Trinajstić information content (AvgIpc) is 2.62. The Morgan fingerprint density at radius 3 is 2.62 bits per heavy atom. The van der Waals surface area contributed by atoms with Crippen LogP contribution in [0.15, 0.2) is 0 Å². The monoisotopic (exact) mass is 226 g/mol. The van der Waals surface area contributed by atoms with Gasteiger partial charge in [-0.2, -0.15) is 0 Å². The van der Waals surface area contributed by atoms with E-state index in [0.29, 0.717) is 36.8 Å². The lowest BCUT2D eigenvalue weighted by molar-refractivity contribution is -0.132. The van der Waals surface area contributed by atoms with Gasteiger partial charge < -0.3 is 10.6 Å². The van der Waals surface area contributed by atoms with Crippen LogP contribution >= 0.6 is 0 Å². The molecule has 1 rings (SSSR count). The highest BCUT2D eigenvalue weighted by atomic mass is 16.2. The van der Waals surface area contributed by atoms with E-state index in [2.05, 4.69) is 20.8 Å². The third kappa shape index (κ3) is 3.78. The van der Waals surface area contributed by atoms with Crippen LogP contribution in [0.2, 0.25) is 0 Å². The maximum Gasteiger partial charge on any atom is 0.223 e. The summed E-state index contributed by atoms with van der Waals surface area (Å²) in [5, 5.41) is 0. The van der Waals surface area contributed by atoms with Gasteiger partial charge >= 0.3 is 0 Å². The van der Waals surface area contributed by atoms with E-state index in [-0.39, 0.29) is 0 Å². The van der Waals surface area contributed by atoms with Crippen LogP contribution in [0.1, 0.15) is 46.5 Å². The molecule has 0 radical (unpaired) electrons. The van der Waals surface area contributed by atoms with Crippen LogP contribution in [0, 0.1) is 11.8 Å². The number of likely N-dealkylation sites (tertiary alicyclic amines) is 1. The molecule has 2 N–H and O–H groups in total. The van der Waals surface area contributed by atoms with Crippen molar-refractivity contribution in [1.82, 2.24) is 4.90 Å². The van der Waals surface area contributed by atoms with E-state index in [1.54, 1.807) is 0 Å². The van der Waals surface area contributed by atoms with Gasteiger partial charge in [-0.25, -0.2) is 0 Å². The molecule has 0 aromatic heterocycles. The lowest BCUT2D eigenvalue weighted by Crippen LogP contribution is -2.36. The molecule has 0 spiro atoms. The molecule has 1 saturated heterocycles. The van der Waals surface area contributed by atoms with E-state index >= 15 is 0 Å². The first-order valence-corrected chi connectivity index (χ1v) is 6.54. The fourth-order valence-corrected chi connectivity index (χ4v) is 2.60. The fraction of sp³-hybridized carbons (Fsp3) is 0.923. The molecule has 1 heterocycles. The standard InChI is InChI=1S/C13H26N2O/c1-10(2)7-12(9-14)8-13(16)15-6-4-5-11(15)3/h10-12H,4-9,14H2,1-3H3/t11?,12-/m0/s1. The summed E-state index contributed by atoms with van der Waals surface area (Å²) in [6.07, 6.45) is 4.01. The maximum atomic E-state index is 12.1. The second-order valence-corrected chi connectivity index (χ2v) is 5.51. The highest BCUT2D eigenvalue weighted by Crippen LogP contribution is 2.21. The van der Waals surface area contributed by atoms with Crippen LogP contribution in [-0.4, -0.2) is 29.9 Å². The van der Waals surface area contributed by atoms with Crippen molar-refractivity contribution in [3.8, 4) is 0 Å². The Bertz CT molecular complexity index is 228. The molecule has 16 heavy (non-hydrogen) atoms. The maximum absolute atomic E-state index is 12.1. The molecule has 0 bridgehead atoms. The van der Waals surface area contributed by atoms with Crippen molar-refractivity contribution >= 4 is 5.91 Å². The van der Waals surface area contributed by atoms with Crippen molar-refractivity contribution in [1.29, 1.82) is 0 Å². The molecule has 0 aliphatic carbocycles. The zero-order valence-corrected chi connectivity index (χ0v) is 10.9. The van der Waals surface area contributed by atoms with Crippen LogP contribution in [0.5, 0.6) is 0 Å². The molecule has 1 aliphatic rings. The van der Waals surface area contributed by atoms with Gasteiger partial charge in [-0.15, -0.1) is 0 Å². The van der Waals surface area contributed by atoms with Gasteiger partial charge in [0.2, 0.25) is 5.91 Å². The average molecular weight is 226 g/mol. The third-order valence-electron chi connectivity index (χ3n) is 3.47. The van der Waals surface area contributed by atoms with Crippen molar-refractivity contribution in [2.24, 2.45) is 17.6 Å². The fourth-order valence-electron chi connectivity index (χ4n) is 2.60. The Hall–Kier alpha value is -0.570. The summed E-state index contributed by atoms with van der Waals surface area (Å²) < 4.78 is 0. The van der Waals surface area contributed by atoms with Gasteiger partial charge in [-0.3, -0.25) is 4.79 Å². The largest absolute Gasteiger partial charge is 0.340 e. The van der Waals surface area contributed by atoms with Crippen molar-refractivity contribution in [2.75, 3.05) is 13.1 Å². The molecule has 0 aromatic rings. The van der Waals surface area contributed by atoms with Gasteiger partial charge in [-0.1, -0.05) is 13.8 Å². The molecule has 0 saturated carbocycles. The van der Waals surface area contributed by atoms with Crippen LogP contribution in [0.4, 0.5) is 0 Å². The number of carbonyl (C=O) groups is 1. The number of hydrogen-bond donors (Lipinski definition) is 1. The number of rotatable bonds is 5. The van der Waals surface area contributed by atoms with Crippen molar-refractivity contribution in [2.45, 2.75) is 52.5 Å². The normalized spacial score (nSPS) is 22.8. The van der Waals surface area contributed by atoms with Gasteiger partial charge in [0.15, 0.2) is 0 Å². The SMILES string of the molecule is CC(C)C[C@H](CN)CC(=O)N1CCCC1C. The van der Waals surface area contributed by atoms with Crippen molar-refractivity contribution in [3.05, 3.63) is 0 Å². The molecule has 0 aromatic carbocycles. The van der Waals surface area contributed by atoms with Crippen LogP contribution in [0.3, 0.4) is 0 Å². The Balaban J connectivity index is 2.42. The number of hydrogen-bond acceptors (Lipinski definition) is 2. The summed E-state index contributed by atoms with van der Waals surface area (Å²) >= 11 is 0. The highest BCUT2D eigenvalue weighted by molar-refractivity contribution is 5.77. The predicted octanol–water partition coefficient (Wildman–Crippen LogP) is 2.01. The molecular weight excluding hydrogens is 200 g/mol. The Kier molecular flexibility index (Phi) is 5.26. The van der Waals surface area contributed by atoms with E-state index in [9.17, 15) is 4.79 Å². The first-order valence-electron chi connectivity index (χ1n) is 6.54. The Labute approximate surface area is 99.4 Å². The first-order chi connectivity index (χ1) is 7.54. The molecule has 3 nitrogen and oxygen atoms in total. The van der Waals surface area contributed by atoms with Gasteiger partial charge in [-0.05, 0) is 44.6 Å². The van der Waals surface area contributed by atoms with Crippen molar-refractivity contribution < 1.29 is 4.79 Å². The molecule has 1 amide bonds. The van der Waals surface area contributed by atoms with E-state index < -0.39 is 0 Å². The minimum atomic E-state index is 0.307. The molecular formula is C13H26N2O. The predicted molar refractivity (Wildman–Crippen MR) is 67.0 cm³/mol. The Morgan fingerprint density at radius 2 is 2.19 bits per heavy atom. The zero-order valence-electron chi connectivity index (χ0n) is 10.9. The lowest BCUT2D eigenvalue weighted by Gasteiger charge is -2.24. The number of nitrogens with two attached hydrogens (primary N) is 1. The molecule has 1 unspecified atom stereocenters. The van der Waals surface area contributed by atoms with Gasteiger partial charge in [0.05, 0.1) is 0 Å². The first kappa shape index (κ1) is 13.5. The molecule has 2 atom stereocenters. The van der Waals surface area contributed by atoms with E-state index in [1.807, 2.05) is 4.90 Å². The molecule has 94 valence electrons. The summed E-state index contributed by atoms with van der Waals surface area (Å²) in [5.41, 5.74) is 5.73. The summed E-state index contributed by atoms with van der Waals surface area (Å²) in [6.45, 7) is 8.09. The molecule has 1 fully saturated rings. The minimum Gasteiger partial charge on any atom is -0.340 e. The lowest BCUT2D eigenvalue weighted by atomic mass is 9.93. The number of amides is 1. The van der Waals surface area contributed by atoms with Crippen LogP contribution in [-0.2, 0) is 4.79 Å². The van der Waals surface area contributed by atoms with Crippen molar-refractivity contribution in [3.63, 3.8) is 0 Å². The Morgan fingerprint density at radius 1 is 1.50 bits per heavy atom. The summed E-state index contributed by atoms with van der Waals surface area (Å²) in [4.78, 5) is 14.1. The molecule has 3 heteroatoms. The number of nitrogens with zero attached hydrogens (tertiary/aromatic N) is 1. The zero-order chi connectivity index (χ0) is 12.1. The van der Waals surface area contributed by atoms with E-state index in [4.69, 9.17) is 5.73 Å². The summed E-state index contributed by atoms with van der Waals surface area (Å²) in [6, 6.07) is 0.435. The highest BCUT2D eigenvalue weighted by Gasteiger charge is 2.26. The van der Waals surface area contributed by atoms with Gasteiger partial charge in [0.25, 0.3) is 0 Å². The van der Waals surface area contributed by atoms with E-state index in [1.165, 1.54) is 0 Å². The number of carbonyl (C=O) groups excluding carboxylic acids is 1. The van der Waals surface area contributed by atoms with Gasteiger partial charge in [0, 0.05) is 19.0 Å². The topological polar surface area (TPSA) is 46.3 Å². The molecule has 1 aliphatic heterocycles. The quantitative estimate of drug-likeness (QED) is 0.779. The minimum absolute atomic E-state index is 0.307. The second kappa shape index (κ2) is 6.24. The van der Waals surface area contributed by atoms with Crippen LogP contribution in [0.25, 0.3) is 0 Å². The van der Waals surface area contributed by atoms with E-state index in [0.717, 1.165) is 25.8 Å².